The van der Waals surface area contributed by atoms with Gasteiger partial charge < -0.3 is 52.3 Å². The summed E-state index contributed by atoms with van der Waals surface area (Å²) >= 11 is 0. The van der Waals surface area contributed by atoms with Crippen molar-refractivity contribution >= 4 is 47.3 Å². The zero-order valence-corrected chi connectivity index (χ0v) is 31.3. The molecule has 18 nitrogen and oxygen atoms in total. The highest BCUT2D eigenvalue weighted by Crippen LogP contribution is 2.22. The number of hydrogen-bond donors (Lipinski definition) is 8. The van der Waals surface area contributed by atoms with Crippen LogP contribution >= 0.6 is 0 Å². The Morgan fingerprint density at radius 1 is 0.692 bits per heavy atom. The molecule has 0 aliphatic carbocycles. The Balaban J connectivity index is 2.00. The van der Waals surface area contributed by atoms with Gasteiger partial charge in [0.15, 0.2) is 0 Å². The van der Waals surface area contributed by atoms with Crippen molar-refractivity contribution in [1.29, 1.82) is 0 Å². The van der Waals surface area contributed by atoms with Gasteiger partial charge in [0.1, 0.15) is 36.3 Å². The van der Waals surface area contributed by atoms with Crippen LogP contribution in [0.2, 0.25) is 0 Å². The number of hydrogen-bond acceptors (Lipinski definition) is 10. The van der Waals surface area contributed by atoms with E-state index in [1.165, 1.54) is 30.6 Å². The van der Waals surface area contributed by atoms with E-state index in [0.29, 0.717) is 38.6 Å². The lowest BCUT2D eigenvalue weighted by atomic mass is 10.0. The quantitative estimate of drug-likeness (QED) is 0.0758. The van der Waals surface area contributed by atoms with Crippen LogP contribution in [-0.2, 0) is 38.4 Å². The summed E-state index contributed by atoms with van der Waals surface area (Å²) in [5, 5.41) is 32.0. The minimum absolute atomic E-state index is 0.0546. The topological polar surface area (TPSA) is 270 Å². The van der Waals surface area contributed by atoms with Crippen LogP contribution in [0.4, 0.5) is 0 Å². The summed E-state index contributed by atoms with van der Waals surface area (Å²) in [6.45, 7) is 11.5. The third-order valence-corrected chi connectivity index (χ3v) is 8.97. The number of nitrogens with one attached hydrogen (secondary N) is 5. The minimum atomic E-state index is -1.49. The van der Waals surface area contributed by atoms with Gasteiger partial charge in [-0.3, -0.25) is 33.6 Å². The Morgan fingerprint density at radius 3 is 1.69 bits per heavy atom. The first-order valence-corrected chi connectivity index (χ1v) is 18.0. The van der Waals surface area contributed by atoms with Crippen LogP contribution in [0.15, 0.2) is 0 Å². The lowest BCUT2D eigenvalue weighted by molar-refractivity contribution is -0.144. The van der Waals surface area contributed by atoms with E-state index in [1.807, 2.05) is 13.8 Å². The van der Waals surface area contributed by atoms with E-state index in [9.17, 15) is 48.6 Å². The van der Waals surface area contributed by atoms with Crippen molar-refractivity contribution in [3.63, 3.8) is 0 Å². The smallest absolute Gasteiger partial charge is 0.326 e. The Morgan fingerprint density at radius 2 is 1.19 bits per heavy atom. The molecule has 0 aromatic rings. The summed E-state index contributed by atoms with van der Waals surface area (Å²) in [5.74, 6) is -5.59. The molecule has 0 radical (unpaired) electrons. The average Bonchev–Trinajstić information content (AvgIpc) is 3.75. The number of aliphatic hydroxyl groups is 1. The molecule has 2 heterocycles. The second kappa shape index (κ2) is 20.1. The van der Waals surface area contributed by atoms with Crippen molar-refractivity contribution in [3.05, 3.63) is 0 Å². The molecule has 2 fully saturated rings. The Kier molecular flexibility index (Phi) is 16.9. The van der Waals surface area contributed by atoms with E-state index < -0.39 is 102 Å². The zero-order valence-electron chi connectivity index (χ0n) is 31.3. The van der Waals surface area contributed by atoms with Crippen molar-refractivity contribution in [2.24, 2.45) is 17.6 Å². The maximum Gasteiger partial charge on any atom is 0.326 e. The summed E-state index contributed by atoms with van der Waals surface area (Å²) in [4.78, 5) is 106. The third kappa shape index (κ3) is 12.7. The fourth-order valence-electron chi connectivity index (χ4n) is 6.29. The average molecular weight is 739 g/mol. The Labute approximate surface area is 304 Å². The summed E-state index contributed by atoms with van der Waals surface area (Å²) in [7, 11) is 0. The molecule has 0 saturated carbocycles. The molecule has 18 heteroatoms. The van der Waals surface area contributed by atoms with Gasteiger partial charge in [-0.2, -0.15) is 0 Å². The number of carbonyl (C=O) groups is 8. The molecular weight excluding hydrogens is 680 g/mol. The van der Waals surface area contributed by atoms with Crippen LogP contribution in [0.1, 0.15) is 87.0 Å². The number of nitrogens with zero attached hydrogens (tertiary/aromatic N) is 2. The molecule has 8 atom stereocenters. The number of rotatable bonds is 18. The fraction of sp³-hybridized carbons (Fsp3) is 0.765. The number of nitrogens with two attached hydrogens (primary N) is 1. The molecule has 0 aromatic heterocycles. The molecule has 2 aliphatic heterocycles. The molecule has 294 valence electrons. The standard InChI is InChI=1S/C34H58N8O10/c1-17(2)14-22(38-28(45)19(5)35)33(50)42-13-9-11-25(42)30(47)37-20(6)32(49)41-12-8-10-24(41)29(46)36-16-26(44)40-27(21(7)43)31(48)39-23(34(51)52)15-18(3)4/h17-25,27,43H,8-16,35H2,1-7H3,(H,36,46)(H,37,47)(H,38,45)(H,39,48)(H,40,44)(H,51,52)/t19-,20-,21+,22-,23+,24-,25-,27-/m0/s1. The first-order valence-electron chi connectivity index (χ1n) is 18.0. The van der Waals surface area contributed by atoms with Crippen LogP contribution in [0.25, 0.3) is 0 Å². The molecule has 0 spiro atoms. The van der Waals surface area contributed by atoms with Crippen molar-refractivity contribution in [2.45, 2.75) is 135 Å². The zero-order chi connectivity index (χ0) is 39.4. The number of carboxylic acids is 1. The van der Waals surface area contributed by atoms with E-state index in [0.717, 1.165) is 0 Å². The largest absolute Gasteiger partial charge is 0.480 e. The molecule has 0 aromatic carbocycles. The van der Waals surface area contributed by atoms with E-state index in [4.69, 9.17) is 5.73 Å². The third-order valence-electron chi connectivity index (χ3n) is 8.97. The van der Waals surface area contributed by atoms with Crippen molar-refractivity contribution in [1.82, 2.24) is 36.4 Å². The van der Waals surface area contributed by atoms with Gasteiger partial charge in [0.2, 0.25) is 41.4 Å². The minimum Gasteiger partial charge on any atom is -0.480 e. The molecule has 2 aliphatic rings. The normalized spacial score (nSPS) is 20.7. The predicted molar refractivity (Wildman–Crippen MR) is 188 cm³/mol. The molecule has 52 heavy (non-hydrogen) atoms. The maximum absolute atomic E-state index is 13.5. The SMILES string of the molecule is CC(C)C[C@H](NC(=O)[C@H](C)N)C(=O)N1CCC[C@H]1C(=O)N[C@@H](C)C(=O)N1CCC[C@H]1C(=O)NCC(=O)N[C@H](C(=O)N[C@H](CC(C)C)C(=O)O)[C@@H](C)O. The highest BCUT2D eigenvalue weighted by molar-refractivity contribution is 5.97. The molecule has 0 bridgehead atoms. The number of carbonyl (C=O) groups excluding carboxylic acids is 7. The highest BCUT2D eigenvalue weighted by atomic mass is 16.4. The summed E-state index contributed by atoms with van der Waals surface area (Å²) in [6.07, 6.45) is 0.777. The molecule has 0 unspecified atom stereocenters. The Bertz CT molecular complexity index is 1320. The van der Waals surface area contributed by atoms with Crippen LogP contribution in [0.3, 0.4) is 0 Å². The summed E-state index contributed by atoms with van der Waals surface area (Å²) in [6, 6.07) is -7.28. The number of aliphatic hydroxyl groups excluding tert-OH is 1. The van der Waals surface area contributed by atoms with E-state index >= 15 is 0 Å². The van der Waals surface area contributed by atoms with Crippen molar-refractivity contribution in [2.75, 3.05) is 19.6 Å². The number of carboxylic acid groups (broad SMARTS) is 1. The van der Waals surface area contributed by atoms with E-state index in [1.54, 1.807) is 13.8 Å². The van der Waals surface area contributed by atoms with Gasteiger partial charge >= 0.3 is 5.97 Å². The molecule has 2 saturated heterocycles. The first-order chi connectivity index (χ1) is 24.2. The predicted octanol–water partition coefficient (Wildman–Crippen LogP) is -2.05. The lowest BCUT2D eigenvalue weighted by Crippen LogP contribution is -2.58. The van der Waals surface area contributed by atoms with E-state index in [2.05, 4.69) is 26.6 Å². The fourth-order valence-corrected chi connectivity index (χ4v) is 6.29. The van der Waals surface area contributed by atoms with Gasteiger partial charge in [0.05, 0.1) is 18.7 Å². The van der Waals surface area contributed by atoms with Crippen LogP contribution in [0, 0.1) is 11.8 Å². The van der Waals surface area contributed by atoms with Crippen LogP contribution in [0.5, 0.6) is 0 Å². The molecule has 7 amide bonds. The second-order valence-corrected chi connectivity index (χ2v) is 14.6. The van der Waals surface area contributed by atoms with Gasteiger partial charge in [-0.1, -0.05) is 27.7 Å². The summed E-state index contributed by atoms with van der Waals surface area (Å²) < 4.78 is 0. The number of likely N-dealkylation sites (tertiary alicyclic amines) is 2. The number of aliphatic carboxylic acids is 1. The molecule has 2 rings (SSSR count). The van der Waals surface area contributed by atoms with Crippen LogP contribution in [-0.4, -0.2) is 135 Å². The lowest BCUT2D eigenvalue weighted by Gasteiger charge is -2.31. The summed E-state index contributed by atoms with van der Waals surface area (Å²) in [5.41, 5.74) is 5.69. The van der Waals surface area contributed by atoms with E-state index in [-0.39, 0.29) is 24.8 Å². The van der Waals surface area contributed by atoms with Gasteiger partial charge in [-0.25, -0.2) is 4.79 Å². The first kappa shape index (κ1) is 43.8. The van der Waals surface area contributed by atoms with Gasteiger partial charge in [0.25, 0.3) is 0 Å². The van der Waals surface area contributed by atoms with Gasteiger partial charge in [-0.05, 0) is 71.1 Å². The highest BCUT2D eigenvalue weighted by Gasteiger charge is 2.41. The maximum atomic E-state index is 13.5. The Hall–Kier alpha value is -4.32. The monoisotopic (exact) mass is 738 g/mol. The van der Waals surface area contributed by atoms with Gasteiger partial charge in [-0.15, -0.1) is 0 Å². The number of amides is 7. The van der Waals surface area contributed by atoms with Crippen LogP contribution < -0.4 is 32.3 Å². The van der Waals surface area contributed by atoms with Crippen molar-refractivity contribution < 1.29 is 48.6 Å². The van der Waals surface area contributed by atoms with Gasteiger partial charge in [0, 0.05) is 13.1 Å². The molecular formula is C34H58N8O10. The second-order valence-electron chi connectivity index (χ2n) is 14.6. The van der Waals surface area contributed by atoms with Crippen molar-refractivity contribution in [3.8, 4) is 0 Å². The molecule has 9 N–H and O–H groups in total.